The Labute approximate surface area is 471 Å². The van der Waals surface area contributed by atoms with Crippen molar-refractivity contribution in [2.75, 3.05) is 26.4 Å². The first-order valence-electron chi connectivity index (χ1n) is 28.3. The van der Waals surface area contributed by atoms with Crippen LogP contribution in [0.1, 0.15) is 108 Å². The molecule has 27 atom stereocenters. The Morgan fingerprint density at radius 1 is 0.630 bits per heavy atom. The van der Waals surface area contributed by atoms with Gasteiger partial charge in [0.2, 0.25) is 0 Å². The van der Waals surface area contributed by atoms with Crippen LogP contribution in [0.5, 0.6) is 0 Å². The van der Waals surface area contributed by atoms with E-state index in [1.54, 1.807) is 39.8 Å². The molecule has 0 amide bonds. The van der Waals surface area contributed by atoms with Gasteiger partial charge in [-0.2, -0.15) is 0 Å². The fraction of sp³-hybridized carbons (Fsp3) is 0.842. The fourth-order valence-corrected chi connectivity index (χ4v) is 16.2. The molecule has 7 fully saturated rings. The molecule has 3 heterocycles. The molecule has 0 aromatic heterocycles. The SMILES string of the molecule is C/C=C(/C)C(=O)O[C@@H]1[C@H](OC(=O)/C(C)=C\C)C(C)(C)CC2C3=CCC4[C@@]5(C)CC[C@H](O[C@@H]6O[C@H](C(=O)O)[C@@H](O)[C@H](O[C@@H]7O[C@@H](CO)[C@H](O)[C@H]7O)[C@H]6O[C@@H]6O[C@H](CO)[C@H](O)[C@H](O)[C@H]6O)C(C)(CO)C5CC[C@@]4(C)[C@]3(C)[C@@H](O)[C@@H](O)[C@]21CO. The lowest BCUT2D eigenvalue weighted by atomic mass is 9.32. The quantitative estimate of drug-likeness (QED) is 0.0415. The molecule has 3 aliphatic heterocycles. The minimum atomic E-state index is -2.18. The molecule has 0 spiro atoms. The minimum Gasteiger partial charge on any atom is -0.479 e. The Balaban J connectivity index is 1.15. The summed E-state index contributed by atoms with van der Waals surface area (Å²) in [6.07, 6.45) is -25.7. The van der Waals surface area contributed by atoms with E-state index < -0.39 is 205 Å². The average molecular weight is 1160 g/mol. The van der Waals surface area contributed by atoms with Crippen LogP contribution in [0.15, 0.2) is 34.9 Å². The normalized spacial score (nSPS) is 49.8. The molecule has 0 radical (unpaired) electrons. The van der Waals surface area contributed by atoms with Crippen LogP contribution in [-0.4, -0.2) is 227 Å². The Bertz CT molecular complexity index is 2410. The lowest BCUT2D eigenvalue weighted by Gasteiger charge is -2.73. The molecular formula is C57H88O24. The van der Waals surface area contributed by atoms with E-state index in [1.165, 1.54) is 0 Å². The number of hydrogen-bond acceptors (Lipinski definition) is 23. The highest BCUT2D eigenvalue weighted by atomic mass is 16.8. The predicted molar refractivity (Wildman–Crippen MR) is 278 cm³/mol. The molecule has 8 aliphatic rings. The zero-order valence-electron chi connectivity index (χ0n) is 47.8. The zero-order chi connectivity index (χ0) is 60.0. The zero-order valence-corrected chi connectivity index (χ0v) is 47.8. The Hall–Kier alpha value is -3.09. The number of fused-ring (bicyclic) bond motifs is 7. The van der Waals surface area contributed by atoms with Crippen molar-refractivity contribution >= 4 is 17.9 Å². The number of aliphatic hydroxyl groups is 12. The van der Waals surface area contributed by atoms with E-state index in [-0.39, 0.29) is 24.3 Å². The van der Waals surface area contributed by atoms with Crippen LogP contribution in [0.2, 0.25) is 0 Å². The molecule has 460 valence electrons. The Morgan fingerprint density at radius 3 is 1.70 bits per heavy atom. The maximum atomic E-state index is 13.9. The van der Waals surface area contributed by atoms with Gasteiger partial charge in [-0.3, -0.25) is 0 Å². The third kappa shape index (κ3) is 9.98. The smallest absolute Gasteiger partial charge is 0.335 e. The van der Waals surface area contributed by atoms with Gasteiger partial charge in [0.05, 0.1) is 50.2 Å². The van der Waals surface area contributed by atoms with Crippen LogP contribution in [0.3, 0.4) is 0 Å². The van der Waals surface area contributed by atoms with Gasteiger partial charge in [0.1, 0.15) is 67.1 Å². The van der Waals surface area contributed by atoms with Gasteiger partial charge in [-0.15, -0.1) is 0 Å². The van der Waals surface area contributed by atoms with Crippen LogP contribution in [-0.2, 0) is 52.3 Å². The summed E-state index contributed by atoms with van der Waals surface area (Å²) in [5.74, 6) is -4.48. The number of allylic oxidation sites excluding steroid dienone is 3. The summed E-state index contributed by atoms with van der Waals surface area (Å²) in [6, 6.07) is 0. The van der Waals surface area contributed by atoms with E-state index in [0.717, 1.165) is 5.57 Å². The summed E-state index contributed by atoms with van der Waals surface area (Å²) in [5, 5.41) is 146. The molecule has 4 saturated carbocycles. The van der Waals surface area contributed by atoms with E-state index in [9.17, 15) is 80.8 Å². The molecule has 0 aromatic carbocycles. The van der Waals surface area contributed by atoms with Crippen molar-refractivity contribution in [1.82, 2.24) is 0 Å². The summed E-state index contributed by atoms with van der Waals surface area (Å²) < 4.78 is 48.8. The number of carbonyl (C=O) groups excluding carboxylic acids is 2. The van der Waals surface area contributed by atoms with E-state index in [0.29, 0.717) is 31.3 Å². The number of carbonyl (C=O) groups is 3. The molecule has 0 aromatic rings. The third-order valence-corrected chi connectivity index (χ3v) is 21.5. The van der Waals surface area contributed by atoms with Crippen molar-refractivity contribution in [3.63, 3.8) is 0 Å². The summed E-state index contributed by atoms with van der Waals surface area (Å²) in [5.41, 5.74) is -5.25. The molecule has 13 N–H and O–H groups in total. The summed E-state index contributed by atoms with van der Waals surface area (Å²) in [6.45, 7) is 15.3. The maximum Gasteiger partial charge on any atom is 0.335 e. The number of aliphatic carboxylic acids is 1. The van der Waals surface area contributed by atoms with Crippen LogP contribution >= 0.6 is 0 Å². The van der Waals surface area contributed by atoms with Crippen LogP contribution in [0.4, 0.5) is 0 Å². The molecule has 0 bridgehead atoms. The van der Waals surface area contributed by atoms with Crippen molar-refractivity contribution in [2.24, 2.45) is 50.2 Å². The van der Waals surface area contributed by atoms with Crippen LogP contribution in [0, 0.1) is 50.2 Å². The average Bonchev–Trinajstić information content (AvgIpc) is 3.87. The topological polar surface area (TPSA) is 388 Å². The molecule has 24 heteroatoms. The van der Waals surface area contributed by atoms with Gasteiger partial charge in [0.15, 0.2) is 31.1 Å². The van der Waals surface area contributed by atoms with Gasteiger partial charge in [0.25, 0.3) is 0 Å². The molecule has 5 aliphatic carbocycles. The predicted octanol–water partition coefficient (Wildman–Crippen LogP) is -0.765. The van der Waals surface area contributed by atoms with E-state index in [2.05, 4.69) is 19.9 Å². The van der Waals surface area contributed by atoms with Gasteiger partial charge in [-0.05, 0) is 94.8 Å². The highest BCUT2D eigenvalue weighted by Crippen LogP contribution is 2.76. The molecular weight excluding hydrogens is 1070 g/mol. The summed E-state index contributed by atoms with van der Waals surface area (Å²) in [7, 11) is 0. The largest absolute Gasteiger partial charge is 0.479 e. The van der Waals surface area contributed by atoms with Crippen LogP contribution in [0.25, 0.3) is 0 Å². The van der Waals surface area contributed by atoms with Gasteiger partial charge in [-0.1, -0.05) is 65.3 Å². The van der Waals surface area contributed by atoms with Crippen LogP contribution < -0.4 is 0 Å². The van der Waals surface area contributed by atoms with E-state index in [1.807, 2.05) is 27.7 Å². The van der Waals surface area contributed by atoms with Gasteiger partial charge in [-0.25, -0.2) is 14.4 Å². The molecule has 24 nitrogen and oxygen atoms in total. The van der Waals surface area contributed by atoms with Crippen molar-refractivity contribution < 1.29 is 119 Å². The number of esters is 2. The summed E-state index contributed by atoms with van der Waals surface area (Å²) >= 11 is 0. The summed E-state index contributed by atoms with van der Waals surface area (Å²) in [4.78, 5) is 40.4. The standard InChI is InChI=1S/C57H88O24/c1-11-24(3)47(72)80-44-45(81-48(73)25(4)12-2)57(23-61)27(19-52(44,5)6)26-13-14-31-53(7)17-16-32(54(8,22-60)30(53)15-18-55(31,9)56(26,10)42(68)43(57)69)76-51-41(79-50-37(66)35(64)33(62)28(20-58)74-50)39(38(67)40(78-51)46(70)71)77-49-36(65)34(63)29(21-59)75-49/h11-13,27-45,49-51,58-69H,14-23H2,1-10H3,(H,70,71)/b24-11-,25-12-/t27?,28-,29+,30?,31?,32+,33+,34+,35+,36-,37-,38+,39+,40+,41-,42+,43-,44+,45-,49+,50+,51-,53+,54?,55-,56+,57+/m1/s1. The number of carboxylic acids is 1. The first-order valence-corrected chi connectivity index (χ1v) is 28.3. The first-order chi connectivity index (χ1) is 37.9. The third-order valence-electron chi connectivity index (χ3n) is 21.5. The highest BCUT2D eigenvalue weighted by Gasteiger charge is 2.77. The highest BCUT2D eigenvalue weighted by molar-refractivity contribution is 5.89. The first kappa shape index (κ1) is 63.9. The second-order valence-electron chi connectivity index (χ2n) is 25.9. The van der Waals surface area contributed by atoms with Crippen molar-refractivity contribution in [3.8, 4) is 0 Å². The maximum absolute atomic E-state index is 13.9. The van der Waals surface area contributed by atoms with Gasteiger partial charge < -0.3 is 104 Å². The molecule has 81 heavy (non-hydrogen) atoms. The number of rotatable bonds is 15. The number of hydrogen-bond donors (Lipinski definition) is 13. The Kier molecular flexibility index (Phi) is 18.4. The minimum absolute atomic E-state index is 0.165. The monoisotopic (exact) mass is 1160 g/mol. The molecule has 8 rings (SSSR count). The lowest BCUT2D eigenvalue weighted by Crippen LogP contribution is -2.76. The number of carboxylic acid groups (broad SMARTS) is 1. The Morgan fingerprint density at radius 2 is 1.17 bits per heavy atom. The van der Waals surface area contributed by atoms with E-state index >= 15 is 0 Å². The number of ether oxygens (including phenoxy) is 8. The fourth-order valence-electron chi connectivity index (χ4n) is 16.2. The second kappa shape index (κ2) is 23.3. The molecule has 4 unspecified atom stereocenters. The van der Waals surface area contributed by atoms with Crippen molar-refractivity contribution in [1.29, 1.82) is 0 Å². The van der Waals surface area contributed by atoms with Crippen molar-refractivity contribution in [2.45, 2.75) is 224 Å². The van der Waals surface area contributed by atoms with Gasteiger partial charge in [0, 0.05) is 27.4 Å². The number of aliphatic hydroxyl groups excluding tert-OH is 12. The van der Waals surface area contributed by atoms with Crippen molar-refractivity contribution in [3.05, 3.63) is 34.9 Å². The lowest BCUT2D eigenvalue weighted by molar-refractivity contribution is -0.387. The van der Waals surface area contributed by atoms with Gasteiger partial charge >= 0.3 is 17.9 Å². The molecule has 3 saturated heterocycles. The second-order valence-corrected chi connectivity index (χ2v) is 25.9. The van der Waals surface area contributed by atoms with E-state index in [4.69, 9.17) is 37.9 Å².